The van der Waals surface area contributed by atoms with Crippen LogP contribution in [-0.2, 0) is 0 Å². The zero-order valence-electron chi connectivity index (χ0n) is 14.9. The Morgan fingerprint density at radius 3 is 2.54 bits per heavy atom. The van der Waals surface area contributed by atoms with Crippen molar-refractivity contribution < 1.29 is 9.52 Å². The van der Waals surface area contributed by atoms with Crippen LogP contribution >= 0.6 is 34.8 Å². The summed E-state index contributed by atoms with van der Waals surface area (Å²) in [6.07, 6.45) is -0.851. The molecule has 0 saturated carbocycles. The van der Waals surface area contributed by atoms with Gasteiger partial charge >= 0.3 is 0 Å². The van der Waals surface area contributed by atoms with Gasteiger partial charge in [0.05, 0.1) is 26.7 Å². The molecule has 1 heterocycles. The summed E-state index contributed by atoms with van der Waals surface area (Å²) in [5.74, 6) is 0.437. The van der Waals surface area contributed by atoms with Crippen molar-refractivity contribution in [3.63, 3.8) is 0 Å². The van der Waals surface area contributed by atoms with Crippen molar-refractivity contribution in [2.24, 2.45) is 0 Å². The molecule has 0 fully saturated rings. The number of hydrogen-bond acceptors (Lipinski definition) is 6. The second kappa shape index (κ2) is 8.38. The number of nitriles is 1. The van der Waals surface area contributed by atoms with Crippen molar-refractivity contribution >= 4 is 40.5 Å². The van der Waals surface area contributed by atoms with Gasteiger partial charge in [0.2, 0.25) is 11.8 Å². The Kier molecular flexibility index (Phi) is 6.11. The summed E-state index contributed by atoms with van der Waals surface area (Å²) in [4.78, 5) is 0. The number of nitrogens with one attached hydrogen (secondary N) is 1. The predicted molar refractivity (Wildman–Crippen MR) is 109 cm³/mol. The number of aliphatic hydroxyl groups excluding tert-OH is 1. The quantitative estimate of drug-likeness (QED) is 0.554. The summed E-state index contributed by atoms with van der Waals surface area (Å²) in [6, 6.07) is 9.62. The Labute approximate surface area is 176 Å². The molecule has 2 atom stereocenters. The fourth-order valence-electron chi connectivity index (χ4n) is 2.59. The van der Waals surface area contributed by atoms with Gasteiger partial charge in [-0.05, 0) is 49.7 Å². The molecule has 2 N–H and O–H groups in total. The average molecular weight is 438 g/mol. The van der Waals surface area contributed by atoms with Crippen LogP contribution < -0.4 is 5.32 Å². The Hall–Kier alpha value is -2.30. The molecule has 0 bridgehead atoms. The highest BCUT2D eigenvalue weighted by Gasteiger charge is 2.25. The number of anilines is 1. The molecule has 144 valence electrons. The van der Waals surface area contributed by atoms with Crippen LogP contribution in [0.25, 0.3) is 11.5 Å². The normalized spacial score (nSPS) is 13.0. The lowest BCUT2D eigenvalue weighted by Crippen LogP contribution is -2.23. The van der Waals surface area contributed by atoms with Gasteiger partial charge < -0.3 is 14.8 Å². The lowest BCUT2D eigenvalue weighted by atomic mass is 10.1. The highest BCUT2D eigenvalue weighted by Crippen LogP contribution is 2.32. The largest absolute Gasteiger partial charge is 0.418 e. The molecule has 6 nitrogen and oxygen atoms in total. The van der Waals surface area contributed by atoms with Crippen LogP contribution in [0.2, 0.25) is 15.1 Å². The molecule has 0 aliphatic heterocycles. The van der Waals surface area contributed by atoms with Crippen LogP contribution in [0, 0.1) is 18.3 Å². The van der Waals surface area contributed by atoms with E-state index in [9.17, 15) is 5.11 Å². The van der Waals surface area contributed by atoms with E-state index < -0.39 is 12.1 Å². The van der Waals surface area contributed by atoms with Gasteiger partial charge in [-0.3, -0.25) is 0 Å². The van der Waals surface area contributed by atoms with Gasteiger partial charge in [-0.25, -0.2) is 0 Å². The van der Waals surface area contributed by atoms with Crippen molar-refractivity contribution in [3.8, 4) is 17.5 Å². The van der Waals surface area contributed by atoms with E-state index in [-0.39, 0.29) is 11.8 Å². The van der Waals surface area contributed by atoms with Crippen LogP contribution in [0.3, 0.4) is 0 Å². The number of hydrogen-bond donors (Lipinski definition) is 2. The van der Waals surface area contributed by atoms with Gasteiger partial charge in [-0.15, -0.1) is 10.2 Å². The van der Waals surface area contributed by atoms with E-state index in [4.69, 9.17) is 44.5 Å². The van der Waals surface area contributed by atoms with E-state index in [1.54, 1.807) is 44.2 Å². The molecule has 0 aliphatic rings. The van der Waals surface area contributed by atoms with Gasteiger partial charge in [0.1, 0.15) is 12.1 Å². The first kappa shape index (κ1) is 20.4. The van der Waals surface area contributed by atoms with E-state index in [0.717, 1.165) is 0 Å². The monoisotopic (exact) mass is 436 g/mol. The van der Waals surface area contributed by atoms with Crippen LogP contribution in [0.5, 0.6) is 0 Å². The molecule has 0 saturated heterocycles. The minimum absolute atomic E-state index is 0.191. The third-order valence-corrected chi connectivity index (χ3v) is 5.40. The fourth-order valence-corrected chi connectivity index (χ4v) is 3.10. The molecule has 0 spiro atoms. The molecule has 2 aromatic carbocycles. The van der Waals surface area contributed by atoms with Gasteiger partial charge in [0.25, 0.3) is 0 Å². The van der Waals surface area contributed by atoms with Crippen LogP contribution in [-0.4, -0.2) is 21.4 Å². The summed E-state index contributed by atoms with van der Waals surface area (Å²) >= 11 is 18.2. The third-order valence-electron chi connectivity index (χ3n) is 4.17. The minimum atomic E-state index is -0.851. The molecule has 0 aliphatic carbocycles. The topological polar surface area (TPSA) is 95.0 Å². The van der Waals surface area contributed by atoms with Crippen molar-refractivity contribution in [1.29, 1.82) is 5.26 Å². The number of halogens is 3. The van der Waals surface area contributed by atoms with E-state index in [1.807, 2.05) is 6.07 Å². The number of aromatic nitrogens is 2. The molecular weight excluding hydrogens is 423 g/mol. The van der Waals surface area contributed by atoms with E-state index in [1.165, 1.54) is 0 Å². The second-order valence-electron chi connectivity index (χ2n) is 6.15. The first-order valence-corrected chi connectivity index (χ1v) is 9.37. The molecule has 9 heteroatoms. The SMILES string of the molecule is Cc1c(N[C@@H](c2nnc(-c3ccc(Cl)c(Cl)c3)o2)C(C)O)ccc(C#N)c1Cl. The Morgan fingerprint density at radius 2 is 1.89 bits per heavy atom. The zero-order chi connectivity index (χ0) is 20.4. The Bertz CT molecular complexity index is 1060. The average Bonchev–Trinajstić information content (AvgIpc) is 3.14. The molecule has 1 unspecified atom stereocenters. The maximum Gasteiger partial charge on any atom is 0.247 e. The van der Waals surface area contributed by atoms with Crippen molar-refractivity contribution in [2.75, 3.05) is 5.32 Å². The summed E-state index contributed by atoms with van der Waals surface area (Å²) in [7, 11) is 0. The molecule has 0 amide bonds. The number of aliphatic hydroxyl groups is 1. The highest BCUT2D eigenvalue weighted by molar-refractivity contribution is 6.42. The van der Waals surface area contributed by atoms with Crippen LogP contribution in [0.1, 0.15) is 30.0 Å². The van der Waals surface area contributed by atoms with Gasteiger partial charge in [-0.2, -0.15) is 5.26 Å². The summed E-state index contributed by atoms with van der Waals surface area (Å²) in [6.45, 7) is 3.38. The number of nitrogens with zero attached hydrogens (tertiary/aromatic N) is 3. The third kappa shape index (κ3) is 4.08. The summed E-state index contributed by atoms with van der Waals surface area (Å²) in [5, 5.41) is 31.7. The maximum absolute atomic E-state index is 10.2. The van der Waals surface area contributed by atoms with Crippen molar-refractivity contribution in [2.45, 2.75) is 26.0 Å². The molecule has 0 radical (unpaired) electrons. The summed E-state index contributed by atoms with van der Waals surface area (Å²) in [5.41, 5.74) is 2.30. The van der Waals surface area contributed by atoms with Gasteiger partial charge in [0.15, 0.2) is 0 Å². The maximum atomic E-state index is 10.2. The highest BCUT2D eigenvalue weighted by atomic mass is 35.5. The number of benzene rings is 2. The second-order valence-corrected chi connectivity index (χ2v) is 7.34. The molecule has 3 aromatic rings. The van der Waals surface area contributed by atoms with E-state index in [2.05, 4.69) is 15.5 Å². The fraction of sp³-hybridized carbons (Fsp3) is 0.211. The lowest BCUT2D eigenvalue weighted by Gasteiger charge is -2.21. The van der Waals surface area contributed by atoms with Crippen molar-refractivity contribution in [1.82, 2.24) is 10.2 Å². The first-order chi connectivity index (χ1) is 13.3. The van der Waals surface area contributed by atoms with E-state index >= 15 is 0 Å². The smallest absolute Gasteiger partial charge is 0.247 e. The molecule has 3 rings (SSSR count). The number of rotatable bonds is 5. The van der Waals surface area contributed by atoms with Gasteiger partial charge in [-0.1, -0.05) is 34.8 Å². The summed E-state index contributed by atoms with van der Waals surface area (Å²) < 4.78 is 5.74. The van der Waals surface area contributed by atoms with Gasteiger partial charge in [0, 0.05) is 11.3 Å². The van der Waals surface area contributed by atoms with Crippen LogP contribution in [0.15, 0.2) is 34.7 Å². The van der Waals surface area contributed by atoms with Crippen molar-refractivity contribution in [3.05, 3.63) is 62.4 Å². The standard InChI is InChI=1S/C19H15Cl3N4O2/c1-9-15(6-4-12(8-23)16(9)22)24-17(10(2)27)19-26-25-18(28-19)11-3-5-13(20)14(21)7-11/h3-7,10,17,24,27H,1-2H3/t10?,17-/m1/s1. The molecule has 28 heavy (non-hydrogen) atoms. The van der Waals surface area contributed by atoms with E-state index in [0.29, 0.717) is 37.4 Å². The first-order valence-electron chi connectivity index (χ1n) is 8.24. The molecular formula is C19H15Cl3N4O2. The minimum Gasteiger partial charge on any atom is -0.418 e. The molecule has 1 aromatic heterocycles. The predicted octanol–water partition coefficient (Wildman–Crippen LogP) is 5.41. The Balaban J connectivity index is 1.92. The van der Waals surface area contributed by atoms with Crippen LogP contribution in [0.4, 0.5) is 5.69 Å². The zero-order valence-corrected chi connectivity index (χ0v) is 17.1. The lowest BCUT2D eigenvalue weighted by molar-refractivity contribution is 0.159. The Morgan fingerprint density at radius 1 is 1.14 bits per heavy atom.